The van der Waals surface area contributed by atoms with Crippen LogP contribution < -0.4 is 24.6 Å². The topological polar surface area (TPSA) is 80.3 Å². The largest absolute Gasteiger partial charge is 0.493 e. The highest BCUT2D eigenvalue weighted by Crippen LogP contribution is 2.44. The third-order valence-corrected chi connectivity index (χ3v) is 9.15. The summed E-state index contributed by atoms with van der Waals surface area (Å²) in [4.78, 5) is 28.9. The van der Waals surface area contributed by atoms with E-state index in [-0.39, 0.29) is 42.8 Å². The maximum absolute atomic E-state index is 15.9. The highest BCUT2D eigenvalue weighted by Gasteiger charge is 2.36. The number of halogens is 2. The van der Waals surface area contributed by atoms with Gasteiger partial charge in [0.05, 0.1) is 45.0 Å². The minimum atomic E-state index is -0.528. The molecule has 1 saturated carbocycles. The lowest BCUT2D eigenvalue weighted by Gasteiger charge is -2.38. The van der Waals surface area contributed by atoms with Crippen LogP contribution in [-0.4, -0.2) is 58.4 Å². The van der Waals surface area contributed by atoms with Crippen molar-refractivity contribution in [1.82, 2.24) is 5.32 Å². The van der Waals surface area contributed by atoms with Gasteiger partial charge in [0.25, 0.3) is 0 Å². The Morgan fingerprint density at radius 2 is 1.76 bits per heavy atom. The van der Waals surface area contributed by atoms with Crippen molar-refractivity contribution >= 4 is 34.9 Å². The molecule has 5 rings (SSSR count). The number of ether oxygens (including phenoxy) is 3. The van der Waals surface area contributed by atoms with Gasteiger partial charge in [0.1, 0.15) is 5.82 Å². The van der Waals surface area contributed by atoms with E-state index in [2.05, 4.69) is 5.32 Å². The summed E-state index contributed by atoms with van der Waals surface area (Å²) >= 11 is 6.24. The molecule has 3 aromatic rings. The molecule has 1 amide bonds. The van der Waals surface area contributed by atoms with Gasteiger partial charge in [-0.3, -0.25) is 9.59 Å². The minimum absolute atomic E-state index is 0.0841. The van der Waals surface area contributed by atoms with Crippen LogP contribution in [0.3, 0.4) is 0 Å². The number of carbonyl (C=O) groups is 2. The van der Waals surface area contributed by atoms with Crippen molar-refractivity contribution in [2.75, 3.05) is 44.2 Å². The second kappa shape index (κ2) is 14.7. The van der Waals surface area contributed by atoms with Gasteiger partial charge in [-0.15, -0.1) is 0 Å². The zero-order valence-corrected chi connectivity index (χ0v) is 27.9. The van der Waals surface area contributed by atoms with Gasteiger partial charge in [0, 0.05) is 30.3 Å². The Morgan fingerprint density at radius 1 is 1.04 bits per heavy atom. The number of hydrogen-bond donors (Lipinski definition) is 1. The zero-order valence-electron chi connectivity index (χ0n) is 27.1. The van der Waals surface area contributed by atoms with Crippen LogP contribution in [0.15, 0.2) is 54.6 Å². The summed E-state index contributed by atoms with van der Waals surface area (Å²) in [5.41, 5.74) is 3.53. The molecule has 8 nitrogen and oxygen atoms in total. The number of nitrogens with one attached hydrogen (secondary N) is 1. The summed E-state index contributed by atoms with van der Waals surface area (Å²) in [5.74, 6) is 0.759. The SMILES string of the molecule is COC(=O)CNC1CCC(CN(C)c2ccc(N3C(=O)Cc4cc(OC)c(OC(C)C)cc4C3c3ccc(Cl)cc3)cc2F)CC1. The minimum Gasteiger partial charge on any atom is -0.493 e. The second-order valence-electron chi connectivity index (χ2n) is 12.5. The molecule has 1 heterocycles. The van der Waals surface area contributed by atoms with Crippen molar-refractivity contribution in [2.24, 2.45) is 5.92 Å². The van der Waals surface area contributed by atoms with Crippen LogP contribution in [-0.2, 0) is 20.7 Å². The molecule has 0 spiro atoms. The number of carbonyl (C=O) groups excluding carboxylic acids is 2. The fourth-order valence-corrected chi connectivity index (χ4v) is 6.74. The van der Waals surface area contributed by atoms with E-state index in [9.17, 15) is 9.59 Å². The van der Waals surface area contributed by atoms with Crippen molar-refractivity contribution in [2.45, 2.75) is 64.1 Å². The molecule has 1 atom stereocenters. The van der Waals surface area contributed by atoms with Crippen molar-refractivity contribution in [3.05, 3.63) is 82.1 Å². The Bertz CT molecular complexity index is 1540. The van der Waals surface area contributed by atoms with Crippen molar-refractivity contribution < 1.29 is 28.2 Å². The number of esters is 1. The molecular weight excluding hydrogens is 609 g/mol. The van der Waals surface area contributed by atoms with Crippen LogP contribution >= 0.6 is 11.6 Å². The molecule has 0 radical (unpaired) electrons. The molecule has 1 aliphatic carbocycles. The summed E-state index contributed by atoms with van der Waals surface area (Å²) in [5, 5.41) is 3.85. The normalized spacial score (nSPS) is 19.5. The highest BCUT2D eigenvalue weighted by molar-refractivity contribution is 6.30. The standard InChI is InChI=1S/C36H43ClFN3O5/c1-22(2)46-33-19-29-25(16-32(33)44-4)17-34(42)41(36(29)24-8-10-26(37)11-9-24)28-14-15-31(30(38)18-28)40(3)21-23-6-12-27(13-7-23)39-20-35(43)45-5/h8-11,14-16,18-19,22-23,27,36,39H,6-7,12-13,17,20-21H2,1-5H3. The van der Waals surface area contributed by atoms with E-state index in [1.54, 1.807) is 30.2 Å². The summed E-state index contributed by atoms with van der Waals surface area (Å²) < 4.78 is 32.3. The first kappa shape index (κ1) is 33.5. The zero-order chi connectivity index (χ0) is 33.0. The smallest absolute Gasteiger partial charge is 0.319 e. The molecule has 1 N–H and O–H groups in total. The predicted molar refractivity (Wildman–Crippen MR) is 179 cm³/mol. The molecule has 0 bridgehead atoms. The Morgan fingerprint density at radius 3 is 2.39 bits per heavy atom. The first-order valence-corrected chi connectivity index (χ1v) is 16.2. The van der Waals surface area contributed by atoms with Gasteiger partial charge in [-0.05, 0) is 105 Å². The fraction of sp³-hybridized carbons (Fsp3) is 0.444. The molecule has 1 unspecified atom stereocenters. The van der Waals surface area contributed by atoms with E-state index in [4.69, 9.17) is 25.8 Å². The average molecular weight is 652 g/mol. The van der Waals surface area contributed by atoms with Crippen LogP contribution in [0.1, 0.15) is 62.3 Å². The summed E-state index contributed by atoms with van der Waals surface area (Å²) in [7, 11) is 4.88. The van der Waals surface area contributed by atoms with E-state index in [0.29, 0.717) is 40.4 Å². The van der Waals surface area contributed by atoms with Crippen LogP contribution in [0.25, 0.3) is 0 Å². The lowest BCUT2D eigenvalue weighted by atomic mass is 9.85. The van der Waals surface area contributed by atoms with Gasteiger partial charge in [-0.1, -0.05) is 23.7 Å². The van der Waals surface area contributed by atoms with Crippen LogP contribution in [0.4, 0.5) is 15.8 Å². The number of fused-ring (bicyclic) bond motifs is 1. The summed E-state index contributed by atoms with van der Waals surface area (Å²) in [6.07, 6.45) is 3.94. The molecular formula is C36H43ClFN3O5. The number of hydrogen-bond acceptors (Lipinski definition) is 7. The van der Waals surface area contributed by atoms with Crippen LogP contribution in [0.5, 0.6) is 11.5 Å². The average Bonchev–Trinajstić information content (AvgIpc) is 3.03. The lowest BCUT2D eigenvalue weighted by Crippen LogP contribution is -2.41. The third kappa shape index (κ3) is 7.58. The number of methoxy groups -OCH3 is 2. The third-order valence-electron chi connectivity index (χ3n) is 8.90. The van der Waals surface area contributed by atoms with E-state index < -0.39 is 6.04 Å². The molecule has 10 heteroatoms. The van der Waals surface area contributed by atoms with E-state index in [1.165, 1.54) is 13.2 Å². The van der Waals surface area contributed by atoms with Gasteiger partial charge in [-0.2, -0.15) is 0 Å². The molecule has 1 aliphatic heterocycles. The lowest BCUT2D eigenvalue weighted by molar-refractivity contribution is -0.139. The Balaban J connectivity index is 1.39. The molecule has 246 valence electrons. The molecule has 0 aromatic heterocycles. The van der Waals surface area contributed by atoms with Crippen LogP contribution in [0.2, 0.25) is 5.02 Å². The summed E-state index contributed by atoms with van der Waals surface area (Å²) in [6.45, 7) is 4.82. The number of rotatable bonds is 11. The van der Waals surface area contributed by atoms with E-state index in [1.807, 2.05) is 56.1 Å². The van der Waals surface area contributed by atoms with Crippen molar-refractivity contribution in [3.8, 4) is 11.5 Å². The predicted octanol–water partition coefficient (Wildman–Crippen LogP) is 6.71. The number of nitrogens with zero attached hydrogens (tertiary/aromatic N) is 2. The molecule has 3 aromatic carbocycles. The molecule has 46 heavy (non-hydrogen) atoms. The van der Waals surface area contributed by atoms with E-state index in [0.717, 1.165) is 42.4 Å². The first-order valence-electron chi connectivity index (χ1n) is 15.8. The Hall–Kier alpha value is -3.82. The summed E-state index contributed by atoms with van der Waals surface area (Å²) in [6, 6.07) is 16.0. The van der Waals surface area contributed by atoms with Gasteiger partial charge >= 0.3 is 5.97 Å². The second-order valence-corrected chi connectivity index (χ2v) is 12.9. The molecule has 1 fully saturated rings. The first-order chi connectivity index (χ1) is 22.1. The number of benzene rings is 3. The van der Waals surface area contributed by atoms with Crippen LogP contribution in [0, 0.1) is 11.7 Å². The van der Waals surface area contributed by atoms with Gasteiger partial charge in [-0.25, -0.2) is 4.39 Å². The maximum Gasteiger partial charge on any atom is 0.319 e. The van der Waals surface area contributed by atoms with Gasteiger partial charge in [0.2, 0.25) is 5.91 Å². The van der Waals surface area contributed by atoms with Crippen molar-refractivity contribution in [1.29, 1.82) is 0 Å². The highest BCUT2D eigenvalue weighted by atomic mass is 35.5. The van der Waals surface area contributed by atoms with Crippen molar-refractivity contribution in [3.63, 3.8) is 0 Å². The monoisotopic (exact) mass is 651 g/mol. The number of anilines is 2. The Labute approximate surface area is 275 Å². The number of amides is 1. The quantitative estimate of drug-likeness (QED) is 0.231. The van der Waals surface area contributed by atoms with Gasteiger partial charge in [0.15, 0.2) is 11.5 Å². The fourth-order valence-electron chi connectivity index (χ4n) is 6.62. The van der Waals surface area contributed by atoms with Gasteiger partial charge < -0.3 is 29.3 Å². The molecule has 2 aliphatic rings. The maximum atomic E-state index is 15.9. The Kier molecular flexibility index (Phi) is 10.7. The molecule has 0 saturated heterocycles. The van der Waals surface area contributed by atoms with E-state index >= 15 is 4.39 Å².